The molecule has 6 nitrogen and oxygen atoms in total. The zero-order chi connectivity index (χ0) is 18.1. The molecular formula is C17H14ClN3O3S. The first-order valence-corrected chi connectivity index (χ1v) is 8.73. The van der Waals surface area contributed by atoms with Crippen LogP contribution in [0.25, 0.3) is 11.0 Å². The lowest BCUT2D eigenvalue weighted by Crippen LogP contribution is -2.37. The highest BCUT2D eigenvalue weighted by molar-refractivity contribution is 8.00. The lowest BCUT2D eigenvalue weighted by atomic mass is 10.1. The number of hydrogen-bond donors (Lipinski definition) is 0. The molecule has 0 aliphatic carbocycles. The van der Waals surface area contributed by atoms with Crippen molar-refractivity contribution in [3.63, 3.8) is 0 Å². The number of carbonyl (C=O) groups excluding carboxylic acids is 1. The van der Waals surface area contributed by atoms with E-state index >= 15 is 0 Å². The number of carbonyl (C=O) groups is 1. The Morgan fingerprint density at radius 3 is 2.48 bits per heavy atom. The summed E-state index contributed by atoms with van der Waals surface area (Å²) in [5, 5.41) is 0.898. The van der Waals surface area contributed by atoms with E-state index < -0.39 is 11.2 Å². The van der Waals surface area contributed by atoms with Crippen LogP contribution in [-0.4, -0.2) is 25.7 Å². The molecule has 0 bridgehead atoms. The average Bonchev–Trinajstić information content (AvgIpc) is 2.62. The molecule has 0 aliphatic rings. The largest absolute Gasteiger partial charge is 0.332 e. The van der Waals surface area contributed by atoms with Gasteiger partial charge in [0.15, 0.2) is 5.78 Å². The SMILES string of the molecule is Cn1c(=O)c2c(SCC(=O)c3ccc(Cl)cc3)ccnc2n(C)c1=O. The molecule has 3 aromatic rings. The van der Waals surface area contributed by atoms with E-state index in [1.54, 1.807) is 37.4 Å². The van der Waals surface area contributed by atoms with Gasteiger partial charge in [-0.1, -0.05) is 11.6 Å². The maximum absolute atomic E-state index is 12.5. The smallest absolute Gasteiger partial charge is 0.293 e. The molecule has 0 saturated carbocycles. The van der Waals surface area contributed by atoms with Crippen molar-refractivity contribution in [2.45, 2.75) is 4.90 Å². The van der Waals surface area contributed by atoms with Crippen LogP contribution >= 0.6 is 23.4 Å². The van der Waals surface area contributed by atoms with Gasteiger partial charge in [-0.3, -0.25) is 18.7 Å². The number of halogens is 1. The summed E-state index contributed by atoms with van der Waals surface area (Å²) in [6.07, 6.45) is 1.52. The van der Waals surface area contributed by atoms with Crippen molar-refractivity contribution in [3.8, 4) is 0 Å². The Morgan fingerprint density at radius 1 is 1.12 bits per heavy atom. The summed E-state index contributed by atoms with van der Waals surface area (Å²) in [5.74, 6) is 0.0838. The number of thioether (sulfide) groups is 1. The number of rotatable bonds is 4. The molecule has 0 saturated heterocycles. The van der Waals surface area contributed by atoms with E-state index in [9.17, 15) is 14.4 Å². The van der Waals surface area contributed by atoms with Crippen LogP contribution in [0.15, 0.2) is 51.0 Å². The predicted octanol–water partition coefficient (Wildman–Crippen LogP) is 2.26. The van der Waals surface area contributed by atoms with Gasteiger partial charge in [-0.2, -0.15) is 0 Å². The van der Waals surface area contributed by atoms with Gasteiger partial charge in [-0.25, -0.2) is 9.78 Å². The van der Waals surface area contributed by atoms with Crippen LogP contribution in [0.3, 0.4) is 0 Å². The number of nitrogens with zero attached hydrogens (tertiary/aromatic N) is 3. The van der Waals surface area contributed by atoms with Gasteiger partial charge in [0.1, 0.15) is 5.65 Å². The van der Waals surface area contributed by atoms with Crippen molar-refractivity contribution in [1.29, 1.82) is 0 Å². The molecule has 0 amide bonds. The first-order valence-electron chi connectivity index (χ1n) is 7.36. The van der Waals surface area contributed by atoms with Crippen LogP contribution in [0.4, 0.5) is 0 Å². The van der Waals surface area contributed by atoms with Crippen molar-refractivity contribution >= 4 is 40.2 Å². The van der Waals surface area contributed by atoms with E-state index in [0.29, 0.717) is 26.5 Å². The Hall–Kier alpha value is -2.38. The lowest BCUT2D eigenvalue weighted by Gasteiger charge is -2.09. The van der Waals surface area contributed by atoms with Crippen molar-refractivity contribution in [1.82, 2.24) is 14.1 Å². The zero-order valence-corrected chi connectivity index (χ0v) is 15.1. The third-order valence-corrected chi connectivity index (χ3v) is 5.14. The Labute approximate surface area is 152 Å². The number of pyridine rings is 1. The molecule has 25 heavy (non-hydrogen) atoms. The van der Waals surface area contributed by atoms with Crippen LogP contribution in [0.5, 0.6) is 0 Å². The van der Waals surface area contributed by atoms with E-state index in [1.807, 2.05) is 0 Å². The summed E-state index contributed by atoms with van der Waals surface area (Å²) < 4.78 is 2.36. The Bertz CT molecular complexity index is 1090. The number of Topliss-reactive ketones (excluding diaryl/α,β-unsaturated/α-hetero) is 1. The number of fused-ring (bicyclic) bond motifs is 1. The number of aryl methyl sites for hydroxylation is 1. The van der Waals surface area contributed by atoms with Gasteiger partial charge in [-0.15, -0.1) is 11.8 Å². The van der Waals surface area contributed by atoms with E-state index in [2.05, 4.69) is 4.98 Å². The van der Waals surface area contributed by atoms with Gasteiger partial charge in [0.2, 0.25) is 0 Å². The van der Waals surface area contributed by atoms with Gasteiger partial charge in [0, 0.05) is 35.8 Å². The lowest BCUT2D eigenvalue weighted by molar-refractivity contribution is 0.102. The van der Waals surface area contributed by atoms with E-state index in [1.165, 1.54) is 29.6 Å². The highest BCUT2D eigenvalue weighted by Gasteiger charge is 2.15. The third kappa shape index (κ3) is 3.25. The van der Waals surface area contributed by atoms with Crippen molar-refractivity contribution in [2.24, 2.45) is 14.1 Å². The number of ketones is 1. The molecule has 2 heterocycles. The monoisotopic (exact) mass is 375 g/mol. The van der Waals surface area contributed by atoms with Crippen molar-refractivity contribution in [2.75, 3.05) is 5.75 Å². The summed E-state index contributed by atoms with van der Waals surface area (Å²) in [5.41, 5.74) is -0.00959. The van der Waals surface area contributed by atoms with Crippen molar-refractivity contribution < 1.29 is 4.79 Å². The fraction of sp³-hybridized carbons (Fsp3) is 0.176. The minimum absolute atomic E-state index is 0.0757. The van der Waals surface area contributed by atoms with Gasteiger partial charge in [-0.05, 0) is 30.3 Å². The molecule has 8 heteroatoms. The molecule has 128 valence electrons. The Morgan fingerprint density at radius 2 is 1.80 bits per heavy atom. The van der Waals surface area contributed by atoms with E-state index in [4.69, 9.17) is 11.6 Å². The minimum atomic E-state index is -0.440. The highest BCUT2D eigenvalue weighted by Crippen LogP contribution is 2.24. The first-order chi connectivity index (χ1) is 11.9. The maximum atomic E-state index is 12.5. The number of benzene rings is 1. The summed E-state index contributed by atoms with van der Waals surface area (Å²) in [6.45, 7) is 0. The molecule has 0 unspecified atom stereocenters. The van der Waals surface area contributed by atoms with E-state index in [0.717, 1.165) is 4.57 Å². The normalized spacial score (nSPS) is 11.0. The first kappa shape index (κ1) is 17.4. The van der Waals surface area contributed by atoms with Gasteiger partial charge in [0.25, 0.3) is 5.56 Å². The molecule has 0 radical (unpaired) electrons. The van der Waals surface area contributed by atoms with Gasteiger partial charge < -0.3 is 0 Å². The second-order valence-electron chi connectivity index (χ2n) is 5.43. The van der Waals surface area contributed by atoms with Gasteiger partial charge in [0.05, 0.1) is 11.1 Å². The van der Waals surface area contributed by atoms with Crippen LogP contribution < -0.4 is 11.2 Å². The summed E-state index contributed by atoms with van der Waals surface area (Å²) >= 11 is 7.07. The van der Waals surface area contributed by atoms with Crippen LogP contribution in [0, 0.1) is 0 Å². The quantitative estimate of drug-likeness (QED) is 0.516. The number of hydrogen-bond acceptors (Lipinski definition) is 5. The molecule has 3 rings (SSSR count). The summed E-state index contributed by atoms with van der Waals surface area (Å²) in [7, 11) is 2.98. The molecule has 0 fully saturated rings. The van der Waals surface area contributed by atoms with Crippen molar-refractivity contribution in [3.05, 3.63) is 68.0 Å². The van der Waals surface area contributed by atoms with E-state index in [-0.39, 0.29) is 11.5 Å². The second kappa shape index (κ2) is 6.85. The Kier molecular flexibility index (Phi) is 4.78. The molecule has 0 atom stereocenters. The zero-order valence-electron chi connectivity index (χ0n) is 13.5. The molecule has 0 N–H and O–H groups in total. The molecular weight excluding hydrogens is 362 g/mol. The molecule has 1 aromatic carbocycles. The predicted molar refractivity (Wildman–Crippen MR) is 98.7 cm³/mol. The maximum Gasteiger partial charge on any atom is 0.332 e. The molecule has 0 aliphatic heterocycles. The number of aromatic nitrogens is 3. The van der Waals surface area contributed by atoms with Crippen LogP contribution in [-0.2, 0) is 14.1 Å². The summed E-state index contributed by atoms with van der Waals surface area (Å²) in [4.78, 5) is 41.5. The fourth-order valence-corrected chi connectivity index (χ4v) is 3.50. The fourth-order valence-electron chi connectivity index (χ4n) is 2.44. The topological polar surface area (TPSA) is 74.0 Å². The second-order valence-corrected chi connectivity index (χ2v) is 6.89. The minimum Gasteiger partial charge on any atom is -0.293 e. The summed E-state index contributed by atoms with van der Waals surface area (Å²) in [6, 6.07) is 8.32. The third-order valence-electron chi connectivity index (χ3n) is 3.83. The average molecular weight is 376 g/mol. The van der Waals surface area contributed by atoms with Gasteiger partial charge >= 0.3 is 5.69 Å². The molecule has 0 spiro atoms. The van der Waals surface area contributed by atoms with Crippen LogP contribution in [0.1, 0.15) is 10.4 Å². The highest BCUT2D eigenvalue weighted by atomic mass is 35.5. The van der Waals surface area contributed by atoms with Crippen LogP contribution in [0.2, 0.25) is 5.02 Å². The Balaban J connectivity index is 1.97. The standard InChI is InChI=1S/C17H14ClN3O3S/c1-20-15-14(16(23)21(2)17(20)24)13(7-8-19-15)25-9-12(22)10-3-5-11(18)6-4-10/h3-8H,9H2,1-2H3. The molecule has 2 aromatic heterocycles.